The first kappa shape index (κ1) is 21.2. The SMILES string of the molecule is Cc1c(C(=O)Nc2nnc(C(F)(F)F)s2)nn2c1C(=O)N(CCC(C)(C)O)CC2. The van der Waals surface area contributed by atoms with Crippen molar-refractivity contribution in [1.82, 2.24) is 24.9 Å². The summed E-state index contributed by atoms with van der Waals surface area (Å²) in [5, 5.41) is 21.1. The molecule has 3 rings (SSSR count). The molecule has 0 bridgehead atoms. The molecular formula is C16H19F3N6O3S. The Bertz CT molecular complexity index is 947. The number of halogens is 3. The number of rotatable bonds is 5. The number of hydrogen-bond acceptors (Lipinski definition) is 7. The van der Waals surface area contributed by atoms with Gasteiger partial charge in [-0.25, -0.2) is 0 Å². The number of carbonyl (C=O) groups excluding carboxylic acids is 2. The number of fused-ring (bicyclic) bond motifs is 1. The van der Waals surface area contributed by atoms with E-state index in [9.17, 15) is 27.9 Å². The van der Waals surface area contributed by atoms with Gasteiger partial charge in [0.15, 0.2) is 5.69 Å². The summed E-state index contributed by atoms with van der Waals surface area (Å²) in [5.74, 6) is -1.09. The Kier molecular flexibility index (Phi) is 5.38. The van der Waals surface area contributed by atoms with Crippen molar-refractivity contribution in [3.05, 3.63) is 22.0 Å². The molecule has 1 aliphatic heterocycles. The van der Waals surface area contributed by atoms with E-state index in [0.717, 1.165) is 0 Å². The predicted molar refractivity (Wildman–Crippen MR) is 96.6 cm³/mol. The number of nitrogens with zero attached hydrogens (tertiary/aromatic N) is 5. The van der Waals surface area contributed by atoms with Crippen LogP contribution in [0.5, 0.6) is 0 Å². The van der Waals surface area contributed by atoms with Gasteiger partial charge in [0.2, 0.25) is 10.1 Å². The standard InChI is InChI=1S/C16H19F3N6O3S/c1-8-9(11(26)20-14-22-21-13(29-14)16(17,18)19)23-25-7-6-24(12(27)10(8)25)5-4-15(2,3)28/h28H,4-7H2,1-3H3,(H,20,22,26). The Balaban J connectivity index is 1.77. The van der Waals surface area contributed by atoms with Gasteiger partial charge in [0.05, 0.1) is 12.1 Å². The van der Waals surface area contributed by atoms with Crippen LogP contribution in [0.3, 0.4) is 0 Å². The van der Waals surface area contributed by atoms with E-state index < -0.39 is 22.7 Å². The molecule has 0 aromatic carbocycles. The first-order chi connectivity index (χ1) is 13.4. The number of alkyl halides is 3. The maximum Gasteiger partial charge on any atom is 0.445 e. The summed E-state index contributed by atoms with van der Waals surface area (Å²) in [4.78, 5) is 26.8. The zero-order valence-corrected chi connectivity index (χ0v) is 16.7. The normalized spacial score (nSPS) is 14.9. The molecule has 0 saturated heterocycles. The van der Waals surface area contributed by atoms with E-state index in [0.29, 0.717) is 31.6 Å². The Morgan fingerprint density at radius 2 is 1.97 bits per heavy atom. The number of amides is 2. The number of aromatic nitrogens is 4. The number of carbonyl (C=O) groups is 2. The lowest BCUT2D eigenvalue weighted by molar-refractivity contribution is -0.138. The molecule has 0 atom stereocenters. The van der Waals surface area contributed by atoms with Gasteiger partial charge in [-0.1, -0.05) is 11.3 Å². The van der Waals surface area contributed by atoms with Crippen molar-refractivity contribution in [2.75, 3.05) is 18.4 Å². The quantitative estimate of drug-likeness (QED) is 0.747. The molecule has 2 aromatic rings. The molecule has 0 spiro atoms. The average molecular weight is 432 g/mol. The molecule has 1 aliphatic rings. The highest BCUT2D eigenvalue weighted by atomic mass is 32.1. The van der Waals surface area contributed by atoms with Crippen LogP contribution in [-0.4, -0.2) is 60.5 Å². The van der Waals surface area contributed by atoms with Crippen LogP contribution in [0.15, 0.2) is 0 Å². The number of aliphatic hydroxyl groups is 1. The van der Waals surface area contributed by atoms with Crippen molar-refractivity contribution >= 4 is 28.3 Å². The van der Waals surface area contributed by atoms with Crippen molar-refractivity contribution in [1.29, 1.82) is 0 Å². The first-order valence-electron chi connectivity index (χ1n) is 8.68. The molecule has 0 aliphatic carbocycles. The van der Waals surface area contributed by atoms with Gasteiger partial charge >= 0.3 is 6.18 Å². The largest absolute Gasteiger partial charge is 0.445 e. The van der Waals surface area contributed by atoms with Crippen LogP contribution in [0.1, 0.15) is 51.8 Å². The third-order valence-electron chi connectivity index (χ3n) is 4.36. The van der Waals surface area contributed by atoms with Crippen molar-refractivity contribution in [3.63, 3.8) is 0 Å². The monoisotopic (exact) mass is 432 g/mol. The Morgan fingerprint density at radius 1 is 1.28 bits per heavy atom. The average Bonchev–Trinajstić information content (AvgIpc) is 3.18. The van der Waals surface area contributed by atoms with Gasteiger partial charge in [-0.05, 0) is 27.2 Å². The Hall–Kier alpha value is -2.54. The van der Waals surface area contributed by atoms with Crippen molar-refractivity contribution < 1.29 is 27.9 Å². The lowest BCUT2D eigenvalue weighted by Crippen LogP contribution is -2.42. The summed E-state index contributed by atoms with van der Waals surface area (Å²) in [6.45, 7) is 5.92. The molecule has 9 nitrogen and oxygen atoms in total. The topological polar surface area (TPSA) is 113 Å². The fourth-order valence-electron chi connectivity index (χ4n) is 2.83. The molecular weight excluding hydrogens is 413 g/mol. The highest BCUT2D eigenvalue weighted by Gasteiger charge is 2.36. The van der Waals surface area contributed by atoms with Gasteiger partial charge in [-0.15, -0.1) is 10.2 Å². The van der Waals surface area contributed by atoms with E-state index in [4.69, 9.17) is 0 Å². The van der Waals surface area contributed by atoms with Crippen LogP contribution < -0.4 is 5.32 Å². The summed E-state index contributed by atoms with van der Waals surface area (Å²) in [7, 11) is 0. The van der Waals surface area contributed by atoms with E-state index in [1.807, 2.05) is 0 Å². The minimum Gasteiger partial charge on any atom is -0.390 e. The highest BCUT2D eigenvalue weighted by Crippen LogP contribution is 2.33. The molecule has 0 fully saturated rings. The molecule has 0 unspecified atom stereocenters. The fraction of sp³-hybridized carbons (Fsp3) is 0.562. The lowest BCUT2D eigenvalue weighted by atomic mass is 10.0. The molecule has 3 heterocycles. The Labute approximate surface area is 167 Å². The van der Waals surface area contributed by atoms with Crippen molar-refractivity contribution in [2.45, 2.75) is 45.5 Å². The number of hydrogen-bond donors (Lipinski definition) is 2. The maximum atomic E-state index is 12.8. The zero-order chi connectivity index (χ0) is 21.6. The number of nitrogens with one attached hydrogen (secondary N) is 1. The molecule has 0 radical (unpaired) electrons. The second kappa shape index (κ2) is 7.37. The Morgan fingerprint density at radius 3 is 2.55 bits per heavy atom. The van der Waals surface area contributed by atoms with Crippen LogP contribution in [0.25, 0.3) is 0 Å². The van der Waals surface area contributed by atoms with Crippen molar-refractivity contribution in [2.24, 2.45) is 0 Å². The van der Waals surface area contributed by atoms with Crippen molar-refractivity contribution in [3.8, 4) is 0 Å². The smallest absolute Gasteiger partial charge is 0.390 e. The zero-order valence-electron chi connectivity index (χ0n) is 15.9. The van der Waals surface area contributed by atoms with Gasteiger partial charge in [0, 0.05) is 18.7 Å². The summed E-state index contributed by atoms with van der Waals surface area (Å²) >= 11 is 0.201. The van der Waals surface area contributed by atoms with E-state index in [-0.39, 0.29) is 33.8 Å². The second-order valence-electron chi connectivity index (χ2n) is 7.26. The van der Waals surface area contributed by atoms with E-state index in [1.165, 1.54) is 4.68 Å². The van der Waals surface area contributed by atoms with Gasteiger partial charge < -0.3 is 10.0 Å². The third kappa shape index (κ3) is 4.56. The van der Waals surface area contributed by atoms with Crippen LogP contribution in [0.4, 0.5) is 18.3 Å². The summed E-state index contributed by atoms with van der Waals surface area (Å²) in [6, 6.07) is 0. The summed E-state index contributed by atoms with van der Waals surface area (Å²) < 4.78 is 39.3. The molecule has 29 heavy (non-hydrogen) atoms. The minimum atomic E-state index is -4.65. The van der Waals surface area contributed by atoms with Crippen LogP contribution >= 0.6 is 11.3 Å². The number of anilines is 1. The van der Waals surface area contributed by atoms with Crippen LogP contribution in [-0.2, 0) is 12.7 Å². The molecule has 13 heteroatoms. The highest BCUT2D eigenvalue weighted by molar-refractivity contribution is 7.15. The molecule has 158 valence electrons. The molecule has 0 saturated carbocycles. The van der Waals surface area contributed by atoms with E-state index >= 15 is 0 Å². The molecule has 2 N–H and O–H groups in total. The molecule has 2 aromatic heterocycles. The second-order valence-corrected chi connectivity index (χ2v) is 8.24. The van der Waals surface area contributed by atoms with Gasteiger partial charge in [-0.3, -0.25) is 19.6 Å². The van der Waals surface area contributed by atoms with Gasteiger partial charge in [0.1, 0.15) is 5.69 Å². The van der Waals surface area contributed by atoms with E-state index in [2.05, 4.69) is 20.6 Å². The van der Waals surface area contributed by atoms with E-state index in [1.54, 1.807) is 25.7 Å². The minimum absolute atomic E-state index is 0.0681. The maximum absolute atomic E-state index is 12.8. The molecule has 2 amide bonds. The first-order valence-corrected chi connectivity index (χ1v) is 9.49. The lowest BCUT2D eigenvalue weighted by Gasteiger charge is -2.30. The van der Waals surface area contributed by atoms with Gasteiger partial charge in [0.25, 0.3) is 11.8 Å². The van der Waals surface area contributed by atoms with Gasteiger partial charge in [-0.2, -0.15) is 18.3 Å². The summed E-state index contributed by atoms with van der Waals surface area (Å²) in [6.07, 6.45) is -4.26. The van der Waals surface area contributed by atoms with Crippen LogP contribution in [0.2, 0.25) is 0 Å². The fourth-order valence-corrected chi connectivity index (χ4v) is 3.44. The predicted octanol–water partition coefficient (Wildman–Crippen LogP) is 1.93. The third-order valence-corrected chi connectivity index (χ3v) is 5.24. The van der Waals surface area contributed by atoms with Crippen LogP contribution in [0, 0.1) is 6.92 Å². The summed E-state index contributed by atoms with van der Waals surface area (Å²) in [5.41, 5.74) is -0.428.